The minimum atomic E-state index is 0.582. The summed E-state index contributed by atoms with van der Waals surface area (Å²) in [6.07, 6.45) is 2.50. The first-order valence-corrected chi connectivity index (χ1v) is 6.19. The first-order chi connectivity index (χ1) is 7.17. The van der Waals surface area contributed by atoms with Gasteiger partial charge in [0, 0.05) is 44.3 Å². The van der Waals surface area contributed by atoms with E-state index in [1.54, 1.807) is 0 Å². The van der Waals surface area contributed by atoms with E-state index in [1.807, 2.05) is 0 Å². The fourth-order valence-corrected chi connectivity index (χ4v) is 3.01. The smallest absolute Gasteiger partial charge is 0.0472 e. The molecule has 2 fully saturated rings. The molecule has 3 heteroatoms. The molecule has 15 heavy (non-hydrogen) atoms. The van der Waals surface area contributed by atoms with Crippen LogP contribution in [0.2, 0.25) is 0 Å². The van der Waals surface area contributed by atoms with Crippen molar-refractivity contribution in [3.8, 4) is 0 Å². The summed E-state index contributed by atoms with van der Waals surface area (Å²) < 4.78 is 5.43. The molecule has 2 aliphatic heterocycles. The van der Waals surface area contributed by atoms with Crippen molar-refractivity contribution in [2.75, 3.05) is 32.8 Å². The third-order valence-electron chi connectivity index (χ3n) is 4.11. The van der Waals surface area contributed by atoms with Gasteiger partial charge in [-0.1, -0.05) is 13.8 Å². The molecular weight excluding hydrogens is 188 g/mol. The molecule has 0 aromatic rings. The molecule has 0 radical (unpaired) electrons. The van der Waals surface area contributed by atoms with Crippen LogP contribution in [0.15, 0.2) is 0 Å². The Hall–Kier alpha value is -0.120. The van der Waals surface area contributed by atoms with Crippen molar-refractivity contribution in [2.45, 2.75) is 32.7 Å². The van der Waals surface area contributed by atoms with E-state index in [0.29, 0.717) is 17.4 Å². The Morgan fingerprint density at radius 3 is 2.33 bits per heavy atom. The van der Waals surface area contributed by atoms with E-state index in [-0.39, 0.29) is 0 Å². The highest BCUT2D eigenvalue weighted by Crippen LogP contribution is 2.41. The van der Waals surface area contributed by atoms with Crippen LogP contribution in [-0.4, -0.2) is 43.8 Å². The average molecular weight is 212 g/mol. The van der Waals surface area contributed by atoms with Crippen LogP contribution in [0.5, 0.6) is 0 Å². The summed E-state index contributed by atoms with van der Waals surface area (Å²) >= 11 is 0. The zero-order chi connectivity index (χ0) is 10.9. The fraction of sp³-hybridized carbons (Fsp3) is 1.00. The minimum Gasteiger partial charge on any atom is -0.381 e. The lowest BCUT2D eigenvalue weighted by atomic mass is 9.72. The van der Waals surface area contributed by atoms with Crippen molar-refractivity contribution in [3.05, 3.63) is 0 Å². The molecule has 0 bridgehead atoms. The number of hydrogen-bond donors (Lipinski definition) is 1. The van der Waals surface area contributed by atoms with Crippen molar-refractivity contribution < 1.29 is 4.74 Å². The predicted octanol–water partition coefficient (Wildman–Crippen LogP) is 1.08. The number of nitrogens with two attached hydrogens (primary N) is 1. The maximum absolute atomic E-state index is 5.84. The van der Waals surface area contributed by atoms with Gasteiger partial charge in [0.25, 0.3) is 0 Å². The zero-order valence-electron chi connectivity index (χ0n) is 10.0. The van der Waals surface area contributed by atoms with Gasteiger partial charge in [-0.2, -0.15) is 0 Å². The fourth-order valence-electron chi connectivity index (χ4n) is 3.01. The lowest BCUT2D eigenvalue weighted by Crippen LogP contribution is -2.63. The van der Waals surface area contributed by atoms with Gasteiger partial charge < -0.3 is 10.5 Å². The third kappa shape index (κ3) is 2.19. The quantitative estimate of drug-likeness (QED) is 0.761. The highest BCUT2D eigenvalue weighted by atomic mass is 16.5. The summed E-state index contributed by atoms with van der Waals surface area (Å²) in [6.45, 7) is 9.75. The number of hydrogen-bond acceptors (Lipinski definition) is 3. The molecule has 2 heterocycles. The molecule has 2 rings (SSSR count). The Morgan fingerprint density at radius 2 is 1.87 bits per heavy atom. The molecule has 3 nitrogen and oxygen atoms in total. The lowest BCUT2D eigenvalue weighted by molar-refractivity contribution is -0.102. The Kier molecular flexibility index (Phi) is 3.33. The molecule has 2 aliphatic rings. The Labute approximate surface area is 93.0 Å². The molecule has 0 saturated carbocycles. The molecule has 1 unspecified atom stereocenters. The summed E-state index contributed by atoms with van der Waals surface area (Å²) in [5.74, 6) is 0.673. The molecule has 0 aliphatic carbocycles. The van der Waals surface area contributed by atoms with Crippen LogP contribution in [0.3, 0.4) is 0 Å². The predicted molar refractivity (Wildman–Crippen MR) is 61.7 cm³/mol. The first-order valence-electron chi connectivity index (χ1n) is 6.19. The second-order valence-corrected chi connectivity index (χ2v) is 5.56. The van der Waals surface area contributed by atoms with Gasteiger partial charge in [0.05, 0.1) is 0 Å². The van der Waals surface area contributed by atoms with Crippen molar-refractivity contribution in [1.29, 1.82) is 0 Å². The molecule has 2 saturated heterocycles. The summed E-state index contributed by atoms with van der Waals surface area (Å²) in [5, 5.41) is 0. The normalized spacial score (nSPS) is 28.0. The Balaban J connectivity index is 1.85. The standard InChI is InChI=1S/C12H24N2O/c1-10(2)11(7-13)14-8-12(9-14)3-5-15-6-4-12/h10-11H,3-9,13H2,1-2H3. The van der Waals surface area contributed by atoms with Crippen molar-refractivity contribution in [2.24, 2.45) is 17.1 Å². The van der Waals surface area contributed by atoms with Gasteiger partial charge in [0.1, 0.15) is 0 Å². The summed E-state index contributed by atoms with van der Waals surface area (Å²) in [7, 11) is 0. The van der Waals surface area contributed by atoms with E-state index in [1.165, 1.54) is 25.9 Å². The van der Waals surface area contributed by atoms with Crippen LogP contribution in [0.25, 0.3) is 0 Å². The maximum Gasteiger partial charge on any atom is 0.0472 e. The summed E-state index contributed by atoms with van der Waals surface area (Å²) in [6, 6.07) is 0.582. The van der Waals surface area contributed by atoms with Gasteiger partial charge >= 0.3 is 0 Å². The molecule has 1 atom stereocenters. The van der Waals surface area contributed by atoms with Crippen LogP contribution in [0.4, 0.5) is 0 Å². The second kappa shape index (κ2) is 4.40. The number of likely N-dealkylation sites (tertiary alicyclic amines) is 1. The number of rotatable bonds is 3. The lowest BCUT2D eigenvalue weighted by Gasteiger charge is -2.55. The van der Waals surface area contributed by atoms with Gasteiger partial charge in [-0.15, -0.1) is 0 Å². The van der Waals surface area contributed by atoms with Crippen molar-refractivity contribution >= 4 is 0 Å². The monoisotopic (exact) mass is 212 g/mol. The van der Waals surface area contributed by atoms with E-state index in [4.69, 9.17) is 10.5 Å². The minimum absolute atomic E-state index is 0.582. The summed E-state index contributed by atoms with van der Waals surface area (Å²) in [4.78, 5) is 2.57. The zero-order valence-corrected chi connectivity index (χ0v) is 10.0. The van der Waals surface area contributed by atoms with E-state index in [0.717, 1.165) is 19.8 Å². The second-order valence-electron chi connectivity index (χ2n) is 5.56. The molecule has 0 amide bonds. The summed E-state index contributed by atoms with van der Waals surface area (Å²) in [5.41, 5.74) is 6.42. The number of nitrogens with zero attached hydrogens (tertiary/aromatic N) is 1. The van der Waals surface area contributed by atoms with Gasteiger partial charge in [0.15, 0.2) is 0 Å². The van der Waals surface area contributed by atoms with Crippen molar-refractivity contribution in [1.82, 2.24) is 4.90 Å². The van der Waals surface area contributed by atoms with Crippen LogP contribution in [0.1, 0.15) is 26.7 Å². The van der Waals surface area contributed by atoms with Crippen LogP contribution in [0, 0.1) is 11.3 Å². The van der Waals surface area contributed by atoms with Crippen LogP contribution >= 0.6 is 0 Å². The highest BCUT2D eigenvalue weighted by Gasteiger charge is 2.46. The van der Waals surface area contributed by atoms with Gasteiger partial charge in [0.2, 0.25) is 0 Å². The average Bonchev–Trinajstić information content (AvgIpc) is 2.17. The molecule has 1 spiro atoms. The van der Waals surface area contributed by atoms with Gasteiger partial charge in [-0.25, -0.2) is 0 Å². The molecule has 88 valence electrons. The SMILES string of the molecule is CC(C)C(CN)N1CC2(CCOCC2)C1. The van der Waals surface area contributed by atoms with Gasteiger partial charge in [-0.3, -0.25) is 4.90 Å². The van der Waals surface area contributed by atoms with E-state index in [2.05, 4.69) is 18.7 Å². The third-order valence-corrected chi connectivity index (χ3v) is 4.11. The highest BCUT2D eigenvalue weighted by molar-refractivity contribution is 4.99. The maximum atomic E-state index is 5.84. The number of ether oxygens (including phenoxy) is 1. The Morgan fingerprint density at radius 1 is 1.27 bits per heavy atom. The largest absolute Gasteiger partial charge is 0.381 e. The first kappa shape index (κ1) is 11.4. The molecule has 0 aromatic heterocycles. The van der Waals surface area contributed by atoms with E-state index >= 15 is 0 Å². The van der Waals surface area contributed by atoms with Gasteiger partial charge in [-0.05, 0) is 18.8 Å². The van der Waals surface area contributed by atoms with Crippen LogP contribution in [-0.2, 0) is 4.74 Å². The molecular formula is C12H24N2O. The molecule has 2 N–H and O–H groups in total. The topological polar surface area (TPSA) is 38.5 Å². The Bertz CT molecular complexity index is 204. The van der Waals surface area contributed by atoms with E-state index in [9.17, 15) is 0 Å². The van der Waals surface area contributed by atoms with E-state index < -0.39 is 0 Å². The molecule has 0 aromatic carbocycles. The van der Waals surface area contributed by atoms with Crippen molar-refractivity contribution in [3.63, 3.8) is 0 Å². The van der Waals surface area contributed by atoms with Crippen LogP contribution < -0.4 is 5.73 Å².